The zero-order valence-corrected chi connectivity index (χ0v) is 11.4. The fourth-order valence-electron chi connectivity index (χ4n) is 1.86. The van der Waals surface area contributed by atoms with Crippen LogP contribution in [0.3, 0.4) is 0 Å². The van der Waals surface area contributed by atoms with Crippen LogP contribution < -0.4 is 11.1 Å². The van der Waals surface area contributed by atoms with Crippen LogP contribution in [0, 0.1) is 24.4 Å². The van der Waals surface area contributed by atoms with E-state index < -0.39 is 29.0 Å². The van der Waals surface area contributed by atoms with Crippen molar-refractivity contribution in [2.45, 2.75) is 20.4 Å². The standard InChI is InChI=1S/C13H13F3N4O/c1-3-20-12(11(17)6(2)19-20)13(21)18-10-5-8(15)7(14)4-9(10)16/h4-5H,3,17H2,1-2H3,(H,18,21). The third-order valence-corrected chi connectivity index (χ3v) is 2.95. The summed E-state index contributed by atoms with van der Waals surface area (Å²) in [5.74, 6) is -4.43. The molecule has 1 aromatic heterocycles. The first-order valence-electron chi connectivity index (χ1n) is 6.13. The highest BCUT2D eigenvalue weighted by Gasteiger charge is 2.21. The molecule has 0 radical (unpaired) electrons. The van der Waals surface area contributed by atoms with Crippen molar-refractivity contribution in [2.75, 3.05) is 11.1 Å². The van der Waals surface area contributed by atoms with E-state index in [1.807, 2.05) is 0 Å². The molecule has 0 saturated heterocycles. The first-order chi connectivity index (χ1) is 9.85. The SMILES string of the molecule is CCn1nc(C)c(N)c1C(=O)Nc1cc(F)c(F)cc1F. The predicted molar refractivity (Wildman–Crippen MR) is 71.3 cm³/mol. The number of aromatic nitrogens is 2. The summed E-state index contributed by atoms with van der Waals surface area (Å²) in [6.45, 7) is 3.75. The summed E-state index contributed by atoms with van der Waals surface area (Å²) in [5, 5.41) is 6.21. The van der Waals surface area contributed by atoms with Crippen LogP contribution in [0.25, 0.3) is 0 Å². The fourth-order valence-corrected chi connectivity index (χ4v) is 1.86. The maximum atomic E-state index is 13.5. The molecular formula is C13H13F3N4O. The zero-order chi connectivity index (χ0) is 15.7. The van der Waals surface area contributed by atoms with Crippen molar-refractivity contribution in [3.63, 3.8) is 0 Å². The topological polar surface area (TPSA) is 72.9 Å². The number of hydrogen-bond donors (Lipinski definition) is 2. The molecule has 1 amide bonds. The number of amides is 1. The Balaban J connectivity index is 2.37. The van der Waals surface area contributed by atoms with Gasteiger partial charge in [-0.2, -0.15) is 5.10 Å². The van der Waals surface area contributed by atoms with Crippen LogP contribution in [0.4, 0.5) is 24.5 Å². The number of anilines is 2. The van der Waals surface area contributed by atoms with E-state index in [9.17, 15) is 18.0 Å². The molecule has 1 aromatic carbocycles. The molecule has 112 valence electrons. The van der Waals surface area contributed by atoms with Gasteiger partial charge in [0.25, 0.3) is 5.91 Å². The van der Waals surface area contributed by atoms with Crippen molar-refractivity contribution in [2.24, 2.45) is 0 Å². The Bertz CT molecular complexity index is 712. The summed E-state index contributed by atoms with van der Waals surface area (Å²) in [7, 11) is 0. The van der Waals surface area contributed by atoms with E-state index in [4.69, 9.17) is 5.73 Å². The number of aryl methyl sites for hydroxylation is 2. The molecule has 0 aliphatic heterocycles. The van der Waals surface area contributed by atoms with Crippen LogP contribution >= 0.6 is 0 Å². The van der Waals surface area contributed by atoms with E-state index in [1.165, 1.54) is 4.68 Å². The van der Waals surface area contributed by atoms with Gasteiger partial charge in [0.05, 0.1) is 17.1 Å². The Kier molecular flexibility index (Phi) is 3.88. The molecule has 0 aliphatic rings. The molecule has 0 spiro atoms. The Morgan fingerprint density at radius 1 is 1.29 bits per heavy atom. The molecule has 0 aliphatic carbocycles. The van der Waals surface area contributed by atoms with Gasteiger partial charge in [0.1, 0.15) is 11.5 Å². The van der Waals surface area contributed by atoms with E-state index in [0.29, 0.717) is 24.4 Å². The summed E-state index contributed by atoms with van der Waals surface area (Å²) >= 11 is 0. The number of carbonyl (C=O) groups is 1. The summed E-state index contributed by atoms with van der Waals surface area (Å²) in [6.07, 6.45) is 0. The van der Waals surface area contributed by atoms with Crippen molar-refractivity contribution in [3.05, 3.63) is 41.0 Å². The normalized spacial score (nSPS) is 10.7. The van der Waals surface area contributed by atoms with Gasteiger partial charge in [0, 0.05) is 18.7 Å². The molecule has 0 atom stereocenters. The summed E-state index contributed by atoms with van der Waals surface area (Å²) in [6, 6.07) is 0.926. The lowest BCUT2D eigenvalue weighted by Crippen LogP contribution is -2.19. The number of nitrogens with two attached hydrogens (primary N) is 1. The summed E-state index contributed by atoms with van der Waals surface area (Å²) in [5.41, 5.74) is 5.92. The van der Waals surface area contributed by atoms with Crippen molar-refractivity contribution in [1.29, 1.82) is 0 Å². The number of nitrogen functional groups attached to an aromatic ring is 1. The van der Waals surface area contributed by atoms with Gasteiger partial charge in [-0.3, -0.25) is 9.48 Å². The smallest absolute Gasteiger partial charge is 0.276 e. The number of hydrogen-bond acceptors (Lipinski definition) is 3. The lowest BCUT2D eigenvalue weighted by atomic mass is 10.2. The first kappa shape index (κ1) is 14.9. The van der Waals surface area contributed by atoms with Crippen molar-refractivity contribution in [1.82, 2.24) is 9.78 Å². The second-order valence-corrected chi connectivity index (χ2v) is 4.36. The van der Waals surface area contributed by atoms with Gasteiger partial charge in [-0.1, -0.05) is 0 Å². The van der Waals surface area contributed by atoms with Crippen LogP contribution in [0.15, 0.2) is 12.1 Å². The Labute approximate surface area is 118 Å². The molecule has 3 N–H and O–H groups in total. The predicted octanol–water partition coefficient (Wildman–Crippen LogP) is 2.46. The highest BCUT2D eigenvalue weighted by atomic mass is 19.2. The molecule has 2 rings (SSSR count). The second kappa shape index (κ2) is 5.47. The zero-order valence-electron chi connectivity index (χ0n) is 11.4. The molecule has 21 heavy (non-hydrogen) atoms. The van der Waals surface area contributed by atoms with Gasteiger partial charge >= 0.3 is 0 Å². The summed E-state index contributed by atoms with van der Waals surface area (Å²) in [4.78, 5) is 12.1. The lowest BCUT2D eigenvalue weighted by Gasteiger charge is -2.09. The quantitative estimate of drug-likeness (QED) is 0.855. The average Bonchev–Trinajstić information content (AvgIpc) is 2.71. The number of nitrogens with zero attached hydrogens (tertiary/aromatic N) is 2. The van der Waals surface area contributed by atoms with Crippen LogP contribution in [0.1, 0.15) is 23.1 Å². The molecule has 1 heterocycles. The summed E-state index contributed by atoms with van der Waals surface area (Å²) < 4.78 is 40.8. The Morgan fingerprint density at radius 2 is 1.90 bits per heavy atom. The Morgan fingerprint density at radius 3 is 2.52 bits per heavy atom. The minimum atomic E-state index is -1.33. The Hall–Kier alpha value is -2.51. The van der Waals surface area contributed by atoms with Crippen molar-refractivity contribution in [3.8, 4) is 0 Å². The molecular weight excluding hydrogens is 285 g/mol. The van der Waals surface area contributed by atoms with Gasteiger partial charge in [-0.15, -0.1) is 0 Å². The largest absolute Gasteiger partial charge is 0.395 e. The molecule has 2 aromatic rings. The van der Waals surface area contributed by atoms with Gasteiger partial charge in [-0.25, -0.2) is 13.2 Å². The van der Waals surface area contributed by atoms with Crippen LogP contribution in [-0.2, 0) is 6.54 Å². The number of carbonyl (C=O) groups excluding carboxylic acids is 1. The maximum Gasteiger partial charge on any atom is 0.276 e. The minimum Gasteiger partial charge on any atom is -0.395 e. The minimum absolute atomic E-state index is 0.0409. The highest BCUT2D eigenvalue weighted by Crippen LogP contribution is 2.22. The molecule has 8 heteroatoms. The van der Waals surface area contributed by atoms with E-state index in [2.05, 4.69) is 10.4 Å². The fraction of sp³-hybridized carbons (Fsp3) is 0.231. The van der Waals surface area contributed by atoms with Gasteiger partial charge < -0.3 is 11.1 Å². The molecule has 0 fully saturated rings. The van der Waals surface area contributed by atoms with Gasteiger partial charge in [0.15, 0.2) is 11.6 Å². The lowest BCUT2D eigenvalue weighted by molar-refractivity contribution is 0.101. The highest BCUT2D eigenvalue weighted by molar-refractivity contribution is 6.06. The molecule has 0 bridgehead atoms. The monoisotopic (exact) mass is 298 g/mol. The van der Waals surface area contributed by atoms with Crippen LogP contribution in [-0.4, -0.2) is 15.7 Å². The number of rotatable bonds is 3. The third-order valence-electron chi connectivity index (χ3n) is 2.95. The average molecular weight is 298 g/mol. The van der Waals surface area contributed by atoms with Crippen LogP contribution in [0.2, 0.25) is 0 Å². The van der Waals surface area contributed by atoms with Gasteiger partial charge in [0.2, 0.25) is 0 Å². The van der Waals surface area contributed by atoms with Crippen molar-refractivity contribution < 1.29 is 18.0 Å². The second-order valence-electron chi connectivity index (χ2n) is 4.36. The van der Waals surface area contributed by atoms with E-state index in [-0.39, 0.29) is 11.4 Å². The van der Waals surface area contributed by atoms with E-state index in [1.54, 1.807) is 13.8 Å². The molecule has 5 nitrogen and oxygen atoms in total. The third kappa shape index (κ3) is 2.69. The number of halogens is 3. The first-order valence-corrected chi connectivity index (χ1v) is 6.13. The molecule has 0 saturated carbocycles. The number of nitrogens with one attached hydrogen (secondary N) is 1. The van der Waals surface area contributed by atoms with E-state index >= 15 is 0 Å². The van der Waals surface area contributed by atoms with Crippen LogP contribution in [0.5, 0.6) is 0 Å². The molecule has 0 unspecified atom stereocenters. The van der Waals surface area contributed by atoms with Gasteiger partial charge in [-0.05, 0) is 13.8 Å². The number of benzene rings is 1. The maximum absolute atomic E-state index is 13.5. The van der Waals surface area contributed by atoms with E-state index in [0.717, 1.165) is 0 Å². The van der Waals surface area contributed by atoms with Crippen molar-refractivity contribution >= 4 is 17.3 Å².